The van der Waals surface area contributed by atoms with Crippen LogP contribution in [0.3, 0.4) is 0 Å². The maximum Gasteiger partial charge on any atom is 0.00509 e. The molecule has 0 atom stereocenters. The molecule has 0 aliphatic rings. The van der Waals surface area contributed by atoms with Gasteiger partial charge >= 0.3 is 0 Å². The lowest BCUT2D eigenvalue weighted by molar-refractivity contribution is 0.664. The van der Waals surface area contributed by atoms with E-state index in [1.54, 1.807) is 15.3 Å². The third-order valence-electron chi connectivity index (χ3n) is 3.65. The average Bonchev–Trinajstić information content (AvgIpc) is 2.71. The first-order chi connectivity index (χ1) is 8.77. The van der Waals surface area contributed by atoms with Crippen molar-refractivity contribution in [3.8, 4) is 0 Å². The highest BCUT2D eigenvalue weighted by atomic mass is 32.1. The average molecular weight is 266 g/mol. The van der Waals surface area contributed by atoms with E-state index < -0.39 is 0 Å². The van der Waals surface area contributed by atoms with Gasteiger partial charge in [-0.25, -0.2) is 0 Å². The summed E-state index contributed by atoms with van der Waals surface area (Å²) in [5.41, 5.74) is 1.63. The molecule has 0 saturated heterocycles. The molecule has 1 heteroatoms. The van der Waals surface area contributed by atoms with E-state index in [2.05, 4.69) is 26.8 Å². The maximum absolute atomic E-state index is 2.48. The van der Waals surface area contributed by atoms with Crippen molar-refractivity contribution in [3.05, 3.63) is 21.4 Å². The second-order valence-electron chi connectivity index (χ2n) is 5.42. The van der Waals surface area contributed by atoms with Crippen LogP contribution in [0.15, 0.2) is 6.07 Å². The van der Waals surface area contributed by atoms with E-state index in [0.29, 0.717) is 0 Å². The van der Waals surface area contributed by atoms with Gasteiger partial charge in [-0.05, 0) is 44.2 Å². The Bertz CT molecular complexity index is 311. The fraction of sp³-hybridized carbons (Fsp3) is 0.765. The Balaban J connectivity index is 2.29. The van der Waals surface area contributed by atoms with Crippen LogP contribution >= 0.6 is 11.3 Å². The second-order valence-corrected chi connectivity index (χ2v) is 6.76. The van der Waals surface area contributed by atoms with E-state index in [0.717, 1.165) is 0 Å². The molecule has 0 aliphatic heterocycles. The number of aryl methyl sites for hydroxylation is 3. The molecule has 1 aromatic heterocycles. The van der Waals surface area contributed by atoms with Gasteiger partial charge in [0.15, 0.2) is 0 Å². The minimum Gasteiger partial charge on any atom is -0.145 e. The first-order valence-corrected chi connectivity index (χ1v) is 8.67. The summed E-state index contributed by atoms with van der Waals surface area (Å²) in [6.07, 6.45) is 13.6. The summed E-state index contributed by atoms with van der Waals surface area (Å²) < 4.78 is 0. The third kappa shape index (κ3) is 6.04. The van der Waals surface area contributed by atoms with Crippen molar-refractivity contribution < 1.29 is 0 Å². The monoisotopic (exact) mass is 266 g/mol. The maximum atomic E-state index is 2.48. The number of thiophene rings is 1. The Morgan fingerprint density at radius 1 is 0.833 bits per heavy atom. The highest BCUT2D eigenvalue weighted by Crippen LogP contribution is 2.25. The van der Waals surface area contributed by atoms with Crippen molar-refractivity contribution in [2.75, 3.05) is 0 Å². The van der Waals surface area contributed by atoms with Gasteiger partial charge in [-0.15, -0.1) is 11.3 Å². The van der Waals surface area contributed by atoms with Gasteiger partial charge in [0.05, 0.1) is 0 Å². The lowest BCUT2D eigenvalue weighted by Gasteiger charge is -1.99. The largest absolute Gasteiger partial charge is 0.145 e. The molecule has 0 aliphatic carbocycles. The topological polar surface area (TPSA) is 0 Å². The highest BCUT2D eigenvalue weighted by molar-refractivity contribution is 7.12. The Hall–Kier alpha value is -0.300. The summed E-state index contributed by atoms with van der Waals surface area (Å²) in [7, 11) is 0. The zero-order valence-electron chi connectivity index (χ0n) is 12.6. The van der Waals surface area contributed by atoms with Crippen LogP contribution in [-0.2, 0) is 12.8 Å². The number of rotatable bonds is 10. The zero-order chi connectivity index (χ0) is 13.2. The Morgan fingerprint density at radius 2 is 1.44 bits per heavy atom. The van der Waals surface area contributed by atoms with E-state index in [1.165, 1.54) is 64.2 Å². The summed E-state index contributed by atoms with van der Waals surface area (Å²) in [6.45, 7) is 6.86. The summed E-state index contributed by atoms with van der Waals surface area (Å²) in [5, 5.41) is 0. The fourth-order valence-corrected chi connectivity index (χ4v) is 3.56. The van der Waals surface area contributed by atoms with E-state index in [-0.39, 0.29) is 0 Å². The molecule has 0 aromatic carbocycles. The summed E-state index contributed by atoms with van der Waals surface area (Å²) in [4.78, 5) is 3.19. The van der Waals surface area contributed by atoms with Gasteiger partial charge in [0.1, 0.15) is 0 Å². The van der Waals surface area contributed by atoms with Crippen molar-refractivity contribution in [2.45, 2.75) is 85.0 Å². The van der Waals surface area contributed by atoms with E-state index in [1.807, 2.05) is 11.3 Å². The molecule has 0 radical (unpaired) electrons. The first-order valence-electron chi connectivity index (χ1n) is 7.86. The molecule has 1 aromatic rings. The van der Waals surface area contributed by atoms with Crippen LogP contribution in [0, 0.1) is 6.92 Å². The molecule has 0 unspecified atom stereocenters. The minimum absolute atomic E-state index is 1.30. The smallest absolute Gasteiger partial charge is 0.00509 e. The molecule has 1 heterocycles. The SMILES string of the molecule is CCCCCCc1cc(CCCCCC)c(C)s1. The van der Waals surface area contributed by atoms with Crippen molar-refractivity contribution >= 4 is 11.3 Å². The molecule has 0 amide bonds. The number of hydrogen-bond donors (Lipinski definition) is 0. The lowest BCUT2D eigenvalue weighted by Crippen LogP contribution is -1.85. The first kappa shape index (κ1) is 15.8. The lowest BCUT2D eigenvalue weighted by atomic mass is 10.1. The molecule has 104 valence electrons. The van der Waals surface area contributed by atoms with Crippen LogP contribution in [0.2, 0.25) is 0 Å². The highest BCUT2D eigenvalue weighted by Gasteiger charge is 2.05. The molecule has 0 fully saturated rings. The predicted octanol–water partition coefficient (Wildman–Crippen LogP) is 6.30. The van der Waals surface area contributed by atoms with E-state index in [9.17, 15) is 0 Å². The molecular formula is C17H30S. The molecule has 1 rings (SSSR count). The predicted molar refractivity (Wildman–Crippen MR) is 84.7 cm³/mol. The quantitative estimate of drug-likeness (QED) is 0.436. The van der Waals surface area contributed by atoms with Gasteiger partial charge in [0.25, 0.3) is 0 Å². The van der Waals surface area contributed by atoms with Crippen LogP contribution in [0.25, 0.3) is 0 Å². The molecule has 0 spiro atoms. The van der Waals surface area contributed by atoms with Crippen LogP contribution in [-0.4, -0.2) is 0 Å². The Kier molecular flexibility index (Phi) is 8.41. The second kappa shape index (κ2) is 9.61. The minimum atomic E-state index is 1.30. The van der Waals surface area contributed by atoms with Crippen molar-refractivity contribution in [2.24, 2.45) is 0 Å². The van der Waals surface area contributed by atoms with Gasteiger partial charge in [-0.1, -0.05) is 52.4 Å². The van der Waals surface area contributed by atoms with Crippen molar-refractivity contribution in [1.29, 1.82) is 0 Å². The molecule has 18 heavy (non-hydrogen) atoms. The summed E-state index contributed by atoms with van der Waals surface area (Å²) >= 11 is 2.04. The fourth-order valence-electron chi connectivity index (χ4n) is 2.43. The third-order valence-corrected chi connectivity index (χ3v) is 4.80. The molecule has 0 saturated carbocycles. The number of unbranched alkanes of at least 4 members (excludes halogenated alkanes) is 6. The summed E-state index contributed by atoms with van der Waals surface area (Å²) in [5.74, 6) is 0. The molecule has 0 N–H and O–H groups in total. The normalized spacial score (nSPS) is 11.1. The standard InChI is InChI=1S/C17H30S/c1-4-6-8-10-12-16-14-17(18-15(16)3)13-11-9-7-5-2/h14H,4-13H2,1-3H3. The van der Waals surface area contributed by atoms with Gasteiger partial charge < -0.3 is 0 Å². The van der Waals surface area contributed by atoms with Gasteiger partial charge in [0, 0.05) is 9.75 Å². The van der Waals surface area contributed by atoms with Crippen molar-refractivity contribution in [1.82, 2.24) is 0 Å². The van der Waals surface area contributed by atoms with Gasteiger partial charge in [0.2, 0.25) is 0 Å². The van der Waals surface area contributed by atoms with Gasteiger partial charge in [-0.2, -0.15) is 0 Å². The molecule has 0 bridgehead atoms. The Labute approximate surface area is 118 Å². The van der Waals surface area contributed by atoms with Crippen LogP contribution in [0.4, 0.5) is 0 Å². The van der Waals surface area contributed by atoms with E-state index in [4.69, 9.17) is 0 Å². The van der Waals surface area contributed by atoms with E-state index >= 15 is 0 Å². The number of hydrogen-bond acceptors (Lipinski definition) is 1. The van der Waals surface area contributed by atoms with Crippen LogP contribution in [0.5, 0.6) is 0 Å². The van der Waals surface area contributed by atoms with Crippen molar-refractivity contribution in [3.63, 3.8) is 0 Å². The summed E-state index contributed by atoms with van der Waals surface area (Å²) in [6, 6.07) is 2.48. The zero-order valence-corrected chi connectivity index (χ0v) is 13.4. The van der Waals surface area contributed by atoms with Gasteiger partial charge in [-0.3, -0.25) is 0 Å². The molecule has 0 nitrogen and oxygen atoms in total. The van der Waals surface area contributed by atoms with Crippen LogP contribution in [0.1, 0.15) is 80.5 Å². The van der Waals surface area contributed by atoms with Crippen LogP contribution < -0.4 is 0 Å². The molecular weight excluding hydrogens is 236 g/mol. The Morgan fingerprint density at radius 3 is 2.06 bits per heavy atom.